The molecular formula is C13H13N3O4. The van der Waals surface area contributed by atoms with E-state index in [2.05, 4.69) is 10.6 Å². The first-order valence-corrected chi connectivity index (χ1v) is 5.92. The number of anilines is 1. The monoisotopic (exact) mass is 275 g/mol. The van der Waals surface area contributed by atoms with Crippen molar-refractivity contribution < 1.29 is 14.1 Å². The van der Waals surface area contributed by atoms with Crippen LogP contribution in [0, 0.1) is 10.1 Å². The molecule has 7 nitrogen and oxygen atoms in total. The number of nitrogens with zero attached hydrogens (tertiary/aromatic N) is 1. The Labute approximate surface area is 114 Å². The molecule has 0 atom stereocenters. The number of furan rings is 1. The van der Waals surface area contributed by atoms with Gasteiger partial charge in [-0.1, -0.05) is 6.07 Å². The number of amides is 1. The fourth-order valence-electron chi connectivity index (χ4n) is 1.57. The van der Waals surface area contributed by atoms with Gasteiger partial charge in [0.25, 0.3) is 5.69 Å². The van der Waals surface area contributed by atoms with Gasteiger partial charge in [-0.25, -0.2) is 0 Å². The molecule has 2 aromatic rings. The van der Waals surface area contributed by atoms with Gasteiger partial charge in [-0.15, -0.1) is 0 Å². The molecule has 0 fully saturated rings. The van der Waals surface area contributed by atoms with Gasteiger partial charge >= 0.3 is 0 Å². The van der Waals surface area contributed by atoms with Gasteiger partial charge in [-0.05, 0) is 18.2 Å². The van der Waals surface area contributed by atoms with Crippen LogP contribution in [0.4, 0.5) is 11.4 Å². The van der Waals surface area contributed by atoms with Gasteiger partial charge in [0.15, 0.2) is 0 Å². The molecule has 0 saturated carbocycles. The van der Waals surface area contributed by atoms with Crippen molar-refractivity contribution >= 4 is 17.3 Å². The normalized spacial score (nSPS) is 10.0. The van der Waals surface area contributed by atoms with Crippen molar-refractivity contribution in [2.75, 3.05) is 11.9 Å². The summed E-state index contributed by atoms with van der Waals surface area (Å²) >= 11 is 0. The topological polar surface area (TPSA) is 97.4 Å². The summed E-state index contributed by atoms with van der Waals surface area (Å²) in [5.74, 6) is 0.432. The highest BCUT2D eigenvalue weighted by molar-refractivity contribution is 5.80. The summed E-state index contributed by atoms with van der Waals surface area (Å²) in [6.45, 7) is 0.338. The van der Waals surface area contributed by atoms with Gasteiger partial charge in [-0.2, -0.15) is 0 Å². The van der Waals surface area contributed by atoms with Gasteiger partial charge in [0.05, 0.1) is 24.3 Å². The smallest absolute Gasteiger partial charge is 0.271 e. The molecule has 0 aliphatic rings. The first kappa shape index (κ1) is 13.6. The average molecular weight is 275 g/mol. The molecule has 0 saturated heterocycles. The van der Waals surface area contributed by atoms with Crippen molar-refractivity contribution in [1.29, 1.82) is 0 Å². The summed E-state index contributed by atoms with van der Waals surface area (Å²) in [5.41, 5.74) is 0.498. The van der Waals surface area contributed by atoms with E-state index < -0.39 is 4.92 Å². The third kappa shape index (κ3) is 3.84. The number of rotatable bonds is 6. The Morgan fingerprint density at radius 2 is 2.15 bits per heavy atom. The minimum absolute atomic E-state index is 0.0222. The second kappa shape index (κ2) is 6.37. The van der Waals surface area contributed by atoms with E-state index in [0.717, 1.165) is 0 Å². The molecule has 2 rings (SSSR count). The van der Waals surface area contributed by atoms with Gasteiger partial charge in [0, 0.05) is 17.8 Å². The van der Waals surface area contributed by atoms with E-state index in [9.17, 15) is 14.9 Å². The van der Waals surface area contributed by atoms with Crippen molar-refractivity contribution in [2.45, 2.75) is 6.54 Å². The first-order valence-electron chi connectivity index (χ1n) is 5.92. The molecule has 0 aliphatic heterocycles. The molecule has 2 N–H and O–H groups in total. The van der Waals surface area contributed by atoms with Crippen LogP contribution in [0.25, 0.3) is 0 Å². The molecule has 1 aromatic carbocycles. The highest BCUT2D eigenvalue weighted by Gasteiger charge is 2.07. The standard InChI is InChI=1S/C13H13N3O4/c17-13(15-8-12-5-2-6-20-12)9-14-10-3-1-4-11(7-10)16(18)19/h1-7,14H,8-9H2,(H,15,17). The van der Waals surface area contributed by atoms with Gasteiger partial charge in [-0.3, -0.25) is 14.9 Å². The second-order valence-electron chi connectivity index (χ2n) is 4.02. The number of nitro groups is 1. The lowest BCUT2D eigenvalue weighted by Crippen LogP contribution is -2.29. The van der Waals surface area contributed by atoms with Crippen LogP contribution in [0.3, 0.4) is 0 Å². The van der Waals surface area contributed by atoms with Crippen molar-refractivity contribution in [2.24, 2.45) is 0 Å². The van der Waals surface area contributed by atoms with Crippen LogP contribution < -0.4 is 10.6 Å². The number of nitro benzene ring substituents is 1. The molecule has 0 unspecified atom stereocenters. The summed E-state index contributed by atoms with van der Waals surface area (Å²) < 4.78 is 5.08. The van der Waals surface area contributed by atoms with Crippen molar-refractivity contribution in [3.63, 3.8) is 0 Å². The fraction of sp³-hybridized carbons (Fsp3) is 0.154. The number of nitrogens with one attached hydrogen (secondary N) is 2. The van der Waals surface area contributed by atoms with E-state index >= 15 is 0 Å². The number of non-ortho nitro benzene ring substituents is 1. The predicted octanol–water partition coefficient (Wildman–Crippen LogP) is 1.92. The summed E-state index contributed by atoms with van der Waals surface area (Å²) in [6, 6.07) is 9.48. The Balaban J connectivity index is 1.81. The SMILES string of the molecule is O=C(CNc1cccc([N+](=O)[O-])c1)NCc1ccco1. The predicted molar refractivity (Wildman–Crippen MR) is 72.1 cm³/mol. The quantitative estimate of drug-likeness (QED) is 0.620. The van der Waals surface area contributed by atoms with Crippen molar-refractivity contribution in [1.82, 2.24) is 5.32 Å². The minimum Gasteiger partial charge on any atom is -0.467 e. The number of hydrogen-bond donors (Lipinski definition) is 2. The molecule has 0 spiro atoms. The summed E-state index contributed by atoms with van der Waals surface area (Å²) in [5, 5.41) is 16.1. The van der Waals surface area contributed by atoms with Gasteiger partial charge in [0.1, 0.15) is 5.76 Å². The molecule has 20 heavy (non-hydrogen) atoms. The lowest BCUT2D eigenvalue weighted by molar-refractivity contribution is -0.384. The Morgan fingerprint density at radius 1 is 1.30 bits per heavy atom. The van der Waals surface area contributed by atoms with E-state index in [4.69, 9.17) is 4.42 Å². The minimum atomic E-state index is -0.484. The zero-order chi connectivity index (χ0) is 14.4. The van der Waals surface area contributed by atoms with E-state index in [1.807, 2.05) is 0 Å². The molecule has 0 bridgehead atoms. The summed E-state index contributed by atoms with van der Waals surface area (Å²) in [7, 11) is 0. The maximum atomic E-state index is 11.6. The lowest BCUT2D eigenvalue weighted by atomic mass is 10.3. The fourth-order valence-corrected chi connectivity index (χ4v) is 1.57. The van der Waals surface area contributed by atoms with Crippen molar-refractivity contribution in [3.05, 3.63) is 58.5 Å². The number of carbonyl (C=O) groups excluding carboxylic acids is 1. The summed E-state index contributed by atoms with van der Waals surface area (Å²) in [4.78, 5) is 21.7. The van der Waals surface area contributed by atoms with Gasteiger partial charge in [0.2, 0.25) is 5.91 Å². The Kier molecular flexibility index (Phi) is 4.33. The highest BCUT2D eigenvalue weighted by Crippen LogP contribution is 2.16. The largest absolute Gasteiger partial charge is 0.467 e. The van der Waals surface area contributed by atoms with Crippen LogP contribution in [0.1, 0.15) is 5.76 Å². The van der Waals surface area contributed by atoms with Crippen LogP contribution in [0.15, 0.2) is 47.1 Å². The zero-order valence-electron chi connectivity index (χ0n) is 10.5. The van der Waals surface area contributed by atoms with Crippen LogP contribution >= 0.6 is 0 Å². The Hall–Kier alpha value is -2.83. The molecule has 7 heteroatoms. The second-order valence-corrected chi connectivity index (χ2v) is 4.02. The van der Waals surface area contributed by atoms with E-state index in [1.54, 1.807) is 24.3 Å². The molecule has 0 aliphatic carbocycles. The number of hydrogen-bond acceptors (Lipinski definition) is 5. The van der Waals surface area contributed by atoms with Crippen LogP contribution in [0.5, 0.6) is 0 Å². The highest BCUT2D eigenvalue weighted by atomic mass is 16.6. The number of carbonyl (C=O) groups is 1. The van der Waals surface area contributed by atoms with Gasteiger partial charge < -0.3 is 15.1 Å². The third-order valence-electron chi connectivity index (χ3n) is 2.55. The maximum Gasteiger partial charge on any atom is 0.271 e. The van der Waals surface area contributed by atoms with Crippen LogP contribution in [0.2, 0.25) is 0 Å². The van der Waals surface area contributed by atoms with E-state index in [1.165, 1.54) is 18.4 Å². The molecule has 1 heterocycles. The average Bonchev–Trinajstić information content (AvgIpc) is 2.96. The Bertz CT molecular complexity index is 595. The van der Waals surface area contributed by atoms with Crippen LogP contribution in [-0.2, 0) is 11.3 Å². The van der Waals surface area contributed by atoms with E-state index in [-0.39, 0.29) is 18.1 Å². The molecular weight excluding hydrogens is 262 g/mol. The zero-order valence-corrected chi connectivity index (χ0v) is 10.5. The third-order valence-corrected chi connectivity index (χ3v) is 2.55. The van der Waals surface area contributed by atoms with Crippen molar-refractivity contribution in [3.8, 4) is 0 Å². The molecule has 0 radical (unpaired) electrons. The molecule has 104 valence electrons. The Morgan fingerprint density at radius 3 is 2.85 bits per heavy atom. The molecule has 1 aromatic heterocycles. The first-order chi connectivity index (χ1) is 9.65. The summed E-state index contributed by atoms with van der Waals surface area (Å²) in [6.07, 6.45) is 1.53. The maximum absolute atomic E-state index is 11.6. The van der Waals surface area contributed by atoms with E-state index in [0.29, 0.717) is 18.0 Å². The van der Waals surface area contributed by atoms with Crippen LogP contribution in [-0.4, -0.2) is 17.4 Å². The lowest BCUT2D eigenvalue weighted by Gasteiger charge is -2.06. The molecule has 1 amide bonds. The number of benzene rings is 1.